The molecule has 1 amide bonds. The first-order valence-corrected chi connectivity index (χ1v) is 10.6. The zero-order chi connectivity index (χ0) is 22.9. The van der Waals surface area contributed by atoms with Gasteiger partial charge in [0, 0.05) is 44.1 Å². The van der Waals surface area contributed by atoms with E-state index in [0.717, 1.165) is 12.6 Å². The molecule has 1 atom stereocenters. The van der Waals surface area contributed by atoms with Crippen molar-refractivity contribution in [3.63, 3.8) is 0 Å². The number of nitro groups is 1. The maximum absolute atomic E-state index is 13.4. The van der Waals surface area contributed by atoms with Gasteiger partial charge in [0.25, 0.3) is 11.6 Å². The van der Waals surface area contributed by atoms with Gasteiger partial charge in [-0.25, -0.2) is 4.79 Å². The number of amides is 1. The summed E-state index contributed by atoms with van der Waals surface area (Å²) in [4.78, 5) is 39.3. The summed E-state index contributed by atoms with van der Waals surface area (Å²) >= 11 is 5.87. The van der Waals surface area contributed by atoms with Gasteiger partial charge in [-0.2, -0.15) is 0 Å². The van der Waals surface area contributed by atoms with Gasteiger partial charge in [0.2, 0.25) is 0 Å². The summed E-state index contributed by atoms with van der Waals surface area (Å²) in [6, 6.07) is 12.5. The number of likely N-dealkylation sites (tertiary alicyclic amines) is 1. The molecule has 0 aromatic heterocycles. The van der Waals surface area contributed by atoms with Gasteiger partial charge in [-0.3, -0.25) is 24.7 Å². The van der Waals surface area contributed by atoms with Crippen molar-refractivity contribution in [2.75, 3.05) is 19.7 Å². The van der Waals surface area contributed by atoms with Crippen molar-refractivity contribution in [1.82, 2.24) is 9.80 Å². The highest BCUT2D eigenvalue weighted by Crippen LogP contribution is 2.39. The molecule has 0 unspecified atom stereocenters. The van der Waals surface area contributed by atoms with Crippen LogP contribution in [0.2, 0.25) is 5.02 Å². The fourth-order valence-electron chi connectivity index (χ4n) is 4.38. The molecule has 32 heavy (non-hydrogen) atoms. The number of benzene rings is 2. The van der Waals surface area contributed by atoms with Crippen LogP contribution in [0.1, 0.15) is 28.8 Å². The van der Waals surface area contributed by atoms with Crippen LogP contribution in [-0.2, 0) is 16.1 Å². The smallest absolute Gasteiger partial charge is 0.328 e. The fourth-order valence-corrected chi connectivity index (χ4v) is 4.57. The second kappa shape index (κ2) is 8.85. The molecule has 168 valence electrons. The van der Waals surface area contributed by atoms with Crippen molar-refractivity contribution >= 4 is 29.2 Å². The number of hydrogen-bond acceptors (Lipinski definition) is 6. The number of halogens is 1. The molecule has 2 fully saturated rings. The van der Waals surface area contributed by atoms with E-state index in [4.69, 9.17) is 16.3 Å². The largest absolute Gasteiger partial charge is 0.480 e. The Morgan fingerprint density at radius 2 is 1.88 bits per heavy atom. The Balaban J connectivity index is 1.57. The quantitative estimate of drug-likeness (QED) is 0.539. The van der Waals surface area contributed by atoms with E-state index in [0.29, 0.717) is 25.9 Å². The molecule has 2 saturated heterocycles. The summed E-state index contributed by atoms with van der Waals surface area (Å²) < 4.78 is 5.95. The third-order valence-corrected chi connectivity index (χ3v) is 6.36. The normalized spacial score (nSPS) is 20.4. The van der Waals surface area contributed by atoms with Gasteiger partial charge in [0.15, 0.2) is 6.04 Å². The van der Waals surface area contributed by atoms with Gasteiger partial charge in [0.05, 0.1) is 11.5 Å². The minimum absolute atomic E-state index is 0.00365. The highest BCUT2D eigenvalue weighted by molar-refractivity contribution is 6.32. The Bertz CT molecular complexity index is 1040. The van der Waals surface area contributed by atoms with Crippen molar-refractivity contribution < 1.29 is 24.4 Å². The molecule has 2 aromatic carbocycles. The number of carbonyl (C=O) groups is 2. The summed E-state index contributed by atoms with van der Waals surface area (Å²) in [6.45, 7) is 1.85. The lowest BCUT2D eigenvalue weighted by molar-refractivity contribution is -0.384. The molecule has 2 aromatic rings. The zero-order valence-electron chi connectivity index (χ0n) is 17.1. The Kier molecular flexibility index (Phi) is 6.14. The van der Waals surface area contributed by atoms with Crippen LogP contribution < -0.4 is 0 Å². The minimum Gasteiger partial charge on any atom is -0.480 e. The van der Waals surface area contributed by atoms with Crippen LogP contribution in [-0.4, -0.2) is 63.2 Å². The predicted octanol–water partition coefficient (Wildman–Crippen LogP) is 3.17. The van der Waals surface area contributed by atoms with Crippen molar-refractivity contribution in [2.45, 2.75) is 31.2 Å². The van der Waals surface area contributed by atoms with Crippen molar-refractivity contribution in [2.24, 2.45) is 0 Å². The molecule has 10 heteroatoms. The average molecular weight is 460 g/mol. The van der Waals surface area contributed by atoms with Crippen LogP contribution in [0.3, 0.4) is 0 Å². The van der Waals surface area contributed by atoms with E-state index in [9.17, 15) is 24.8 Å². The van der Waals surface area contributed by atoms with Gasteiger partial charge in [-0.05, 0) is 17.7 Å². The van der Waals surface area contributed by atoms with Crippen LogP contribution in [0.5, 0.6) is 0 Å². The first kappa shape index (κ1) is 22.2. The lowest BCUT2D eigenvalue weighted by atomic mass is 9.96. The maximum atomic E-state index is 13.4. The number of aliphatic carboxylic acids is 1. The monoisotopic (exact) mass is 459 g/mol. The fraction of sp³-hybridized carbons (Fsp3) is 0.364. The van der Waals surface area contributed by atoms with E-state index in [1.807, 2.05) is 30.3 Å². The maximum Gasteiger partial charge on any atom is 0.328 e. The van der Waals surface area contributed by atoms with Gasteiger partial charge in [0.1, 0.15) is 10.7 Å². The number of carboxylic acids is 1. The highest BCUT2D eigenvalue weighted by atomic mass is 35.5. The molecule has 1 spiro atoms. The number of carboxylic acid groups (broad SMARTS) is 1. The Morgan fingerprint density at radius 1 is 1.19 bits per heavy atom. The van der Waals surface area contributed by atoms with Crippen LogP contribution in [0.4, 0.5) is 5.69 Å². The topological polar surface area (TPSA) is 113 Å². The van der Waals surface area contributed by atoms with E-state index in [-0.39, 0.29) is 17.2 Å². The summed E-state index contributed by atoms with van der Waals surface area (Å²) in [7, 11) is 0. The third-order valence-electron chi connectivity index (χ3n) is 6.04. The van der Waals surface area contributed by atoms with E-state index < -0.39 is 34.3 Å². The van der Waals surface area contributed by atoms with Gasteiger partial charge < -0.3 is 9.84 Å². The molecule has 2 aliphatic heterocycles. The number of rotatable bonds is 5. The molecule has 9 nitrogen and oxygen atoms in total. The molecule has 0 bridgehead atoms. The molecule has 1 N–H and O–H groups in total. The third kappa shape index (κ3) is 4.19. The van der Waals surface area contributed by atoms with E-state index in [1.54, 1.807) is 0 Å². The molecule has 0 radical (unpaired) electrons. The van der Waals surface area contributed by atoms with Crippen LogP contribution in [0, 0.1) is 10.1 Å². The number of ether oxygens (including phenoxy) is 1. The second-order valence-corrected chi connectivity index (χ2v) is 8.38. The minimum atomic E-state index is -1.18. The van der Waals surface area contributed by atoms with Crippen molar-refractivity contribution in [3.8, 4) is 0 Å². The summed E-state index contributed by atoms with van der Waals surface area (Å²) in [5, 5.41) is 20.9. The molecule has 2 aliphatic rings. The number of piperidine rings is 1. The Morgan fingerprint density at radius 3 is 2.50 bits per heavy atom. The summed E-state index contributed by atoms with van der Waals surface area (Å²) in [5.74, 6) is -1.79. The molecule has 4 rings (SSSR count). The van der Waals surface area contributed by atoms with E-state index >= 15 is 0 Å². The lowest BCUT2D eigenvalue weighted by Gasteiger charge is -2.44. The van der Waals surface area contributed by atoms with E-state index in [1.165, 1.54) is 22.6 Å². The molecule has 2 heterocycles. The number of nitrogens with zero attached hydrogens (tertiary/aromatic N) is 3. The van der Waals surface area contributed by atoms with Crippen LogP contribution >= 0.6 is 11.6 Å². The number of carbonyl (C=O) groups excluding carboxylic acids is 1. The van der Waals surface area contributed by atoms with Crippen molar-refractivity contribution in [3.05, 3.63) is 74.8 Å². The zero-order valence-corrected chi connectivity index (χ0v) is 17.9. The molecule has 0 saturated carbocycles. The number of nitro benzene ring substituents is 1. The molecular formula is C22H22ClN3O6. The Labute approximate surface area is 189 Å². The first-order chi connectivity index (χ1) is 15.3. The number of hydrogen-bond donors (Lipinski definition) is 1. The average Bonchev–Trinajstić information content (AvgIpc) is 3.15. The van der Waals surface area contributed by atoms with Gasteiger partial charge in [-0.15, -0.1) is 0 Å². The van der Waals surface area contributed by atoms with Crippen molar-refractivity contribution in [1.29, 1.82) is 0 Å². The first-order valence-electron chi connectivity index (χ1n) is 10.2. The van der Waals surface area contributed by atoms with E-state index in [2.05, 4.69) is 4.90 Å². The SMILES string of the molecule is O=C(O)[C@@H]1COC2(CCN(Cc3ccccc3)CC2)N1C(=O)c1ccc(Cl)c([N+](=O)[O-])c1. The summed E-state index contributed by atoms with van der Waals surface area (Å²) in [5.41, 5.74) is -0.303. The molecular weight excluding hydrogens is 438 g/mol. The highest BCUT2D eigenvalue weighted by Gasteiger charge is 2.54. The van der Waals surface area contributed by atoms with Crippen LogP contribution in [0.25, 0.3) is 0 Å². The summed E-state index contributed by atoms with van der Waals surface area (Å²) in [6.07, 6.45) is 0.871. The Hall–Kier alpha value is -3.01. The standard InChI is InChI=1S/C22H22ClN3O6/c23-17-7-6-16(12-18(17)26(30)31)20(27)25-19(21(28)29)14-32-22(25)8-10-24(11-9-22)13-15-4-2-1-3-5-15/h1-7,12,19H,8-11,13-14H2,(H,28,29)/t19-/m0/s1. The van der Waals surface area contributed by atoms with Crippen LogP contribution in [0.15, 0.2) is 48.5 Å². The predicted molar refractivity (Wildman–Crippen MR) is 115 cm³/mol. The lowest BCUT2D eigenvalue weighted by Crippen LogP contribution is -2.58. The van der Waals surface area contributed by atoms with Gasteiger partial charge in [-0.1, -0.05) is 41.9 Å². The van der Waals surface area contributed by atoms with Gasteiger partial charge >= 0.3 is 5.97 Å². The second-order valence-electron chi connectivity index (χ2n) is 7.97. The molecule has 0 aliphatic carbocycles.